The van der Waals surface area contributed by atoms with Gasteiger partial charge in [-0.3, -0.25) is 4.90 Å². The van der Waals surface area contributed by atoms with E-state index in [1.165, 1.54) is 5.56 Å². The summed E-state index contributed by atoms with van der Waals surface area (Å²) in [4.78, 5) is 2.54. The number of fused-ring (bicyclic) bond motifs is 1. The second-order valence-corrected chi connectivity index (χ2v) is 8.29. The molecule has 1 aliphatic heterocycles. The van der Waals surface area contributed by atoms with E-state index in [1.807, 2.05) is 16.8 Å². The van der Waals surface area contributed by atoms with E-state index in [9.17, 15) is 0 Å². The van der Waals surface area contributed by atoms with Gasteiger partial charge in [0.25, 0.3) is 0 Å². The quantitative estimate of drug-likeness (QED) is 0.469. The first-order chi connectivity index (χ1) is 15.3. The number of likely N-dealkylation sites (tertiary alicyclic amines) is 1. The monoisotopic (exact) mass is 413 g/mol. The van der Waals surface area contributed by atoms with Gasteiger partial charge in [0, 0.05) is 13.1 Å². The van der Waals surface area contributed by atoms with E-state index in [0.717, 1.165) is 66.9 Å². The summed E-state index contributed by atoms with van der Waals surface area (Å²) in [6, 6.07) is 23.2. The van der Waals surface area contributed by atoms with Crippen LogP contribution in [0.3, 0.4) is 0 Å². The van der Waals surface area contributed by atoms with Gasteiger partial charge >= 0.3 is 0 Å². The number of hydrogen-bond donors (Lipinski definition) is 0. The summed E-state index contributed by atoms with van der Waals surface area (Å²) in [5.74, 6) is 2.14. The van der Waals surface area contributed by atoms with E-state index in [2.05, 4.69) is 75.0 Å². The molecule has 4 aromatic rings. The topological polar surface area (TPSA) is 56.1 Å². The SMILES string of the molecule is COc1cc2ccccc2cc1-c1nnnn1CC1CCN(Cc2ccccc2)CC1. The molecule has 1 fully saturated rings. The molecular weight excluding hydrogens is 386 g/mol. The summed E-state index contributed by atoms with van der Waals surface area (Å²) in [5, 5.41) is 15.0. The molecule has 0 radical (unpaired) electrons. The fourth-order valence-electron chi connectivity index (χ4n) is 4.50. The van der Waals surface area contributed by atoms with Crippen molar-refractivity contribution in [3.05, 3.63) is 72.3 Å². The Morgan fingerprint density at radius 2 is 1.65 bits per heavy atom. The number of aromatic nitrogens is 4. The van der Waals surface area contributed by atoms with E-state index in [4.69, 9.17) is 4.74 Å². The Bertz CT molecular complexity index is 1150. The lowest BCUT2D eigenvalue weighted by atomic mass is 9.96. The second kappa shape index (κ2) is 8.86. The first kappa shape index (κ1) is 19.7. The van der Waals surface area contributed by atoms with E-state index in [0.29, 0.717) is 5.92 Å². The number of hydrogen-bond acceptors (Lipinski definition) is 5. The van der Waals surface area contributed by atoms with Crippen LogP contribution in [-0.4, -0.2) is 45.3 Å². The molecule has 0 atom stereocenters. The largest absolute Gasteiger partial charge is 0.496 e. The zero-order valence-corrected chi connectivity index (χ0v) is 17.8. The molecule has 0 spiro atoms. The number of ether oxygens (including phenoxy) is 1. The van der Waals surface area contributed by atoms with Crippen molar-refractivity contribution in [1.82, 2.24) is 25.1 Å². The van der Waals surface area contributed by atoms with Crippen molar-refractivity contribution in [2.75, 3.05) is 20.2 Å². The van der Waals surface area contributed by atoms with Gasteiger partial charge in [-0.15, -0.1) is 5.10 Å². The smallest absolute Gasteiger partial charge is 0.185 e. The highest BCUT2D eigenvalue weighted by molar-refractivity contribution is 5.89. The molecule has 3 aromatic carbocycles. The van der Waals surface area contributed by atoms with Crippen LogP contribution in [0.5, 0.6) is 5.75 Å². The Hall–Kier alpha value is -3.25. The number of piperidine rings is 1. The number of nitrogens with zero attached hydrogens (tertiary/aromatic N) is 5. The van der Waals surface area contributed by atoms with Gasteiger partial charge in [0.2, 0.25) is 0 Å². The van der Waals surface area contributed by atoms with Crippen molar-refractivity contribution in [2.45, 2.75) is 25.9 Å². The van der Waals surface area contributed by atoms with Crippen LogP contribution in [0.2, 0.25) is 0 Å². The van der Waals surface area contributed by atoms with Gasteiger partial charge in [-0.05, 0) is 70.7 Å². The normalized spacial score (nSPS) is 15.4. The maximum absolute atomic E-state index is 5.68. The standard InChI is InChI=1S/C25H27N5O/c1-31-24-16-22-10-6-5-9-21(22)15-23(24)25-26-27-28-30(25)18-20-11-13-29(14-12-20)17-19-7-3-2-4-8-19/h2-10,15-16,20H,11-14,17-18H2,1H3. The van der Waals surface area contributed by atoms with E-state index in [-0.39, 0.29) is 0 Å². The molecule has 0 saturated carbocycles. The van der Waals surface area contributed by atoms with Crippen LogP contribution in [0, 0.1) is 5.92 Å². The molecule has 1 saturated heterocycles. The van der Waals surface area contributed by atoms with Gasteiger partial charge in [0.05, 0.1) is 12.7 Å². The first-order valence-corrected chi connectivity index (χ1v) is 10.9. The first-order valence-electron chi connectivity index (χ1n) is 10.9. The number of rotatable bonds is 6. The van der Waals surface area contributed by atoms with Crippen LogP contribution < -0.4 is 4.74 Å². The minimum Gasteiger partial charge on any atom is -0.496 e. The molecule has 0 N–H and O–H groups in total. The fraction of sp³-hybridized carbons (Fsp3) is 0.320. The summed E-state index contributed by atoms with van der Waals surface area (Å²) in [5.41, 5.74) is 2.32. The minimum atomic E-state index is 0.570. The van der Waals surface area contributed by atoms with Crippen molar-refractivity contribution in [2.24, 2.45) is 5.92 Å². The Morgan fingerprint density at radius 3 is 2.39 bits per heavy atom. The Balaban J connectivity index is 1.30. The molecule has 2 heterocycles. The summed E-state index contributed by atoms with van der Waals surface area (Å²) in [7, 11) is 1.70. The molecule has 0 amide bonds. The molecular formula is C25H27N5O. The van der Waals surface area contributed by atoms with Gasteiger partial charge in [-0.1, -0.05) is 54.6 Å². The van der Waals surface area contributed by atoms with Gasteiger partial charge < -0.3 is 4.74 Å². The molecule has 6 heteroatoms. The molecule has 1 aromatic heterocycles. The van der Waals surface area contributed by atoms with Crippen molar-refractivity contribution < 1.29 is 4.74 Å². The van der Waals surface area contributed by atoms with Gasteiger partial charge in [-0.25, -0.2) is 4.68 Å². The lowest BCUT2D eigenvalue weighted by molar-refractivity contribution is 0.164. The van der Waals surface area contributed by atoms with Crippen molar-refractivity contribution >= 4 is 10.8 Å². The van der Waals surface area contributed by atoms with Crippen LogP contribution in [0.4, 0.5) is 0 Å². The Morgan fingerprint density at radius 1 is 0.935 bits per heavy atom. The van der Waals surface area contributed by atoms with Gasteiger partial charge in [0.15, 0.2) is 5.82 Å². The average molecular weight is 414 g/mol. The summed E-state index contributed by atoms with van der Waals surface area (Å²) in [6.45, 7) is 4.07. The van der Waals surface area contributed by atoms with Crippen molar-refractivity contribution in [1.29, 1.82) is 0 Å². The zero-order chi connectivity index (χ0) is 21.0. The number of tetrazole rings is 1. The molecule has 5 rings (SSSR count). The van der Waals surface area contributed by atoms with Gasteiger partial charge in [-0.2, -0.15) is 0 Å². The Kier molecular flexibility index (Phi) is 5.63. The summed E-state index contributed by atoms with van der Waals surface area (Å²) >= 11 is 0. The van der Waals surface area contributed by atoms with Crippen molar-refractivity contribution in [3.63, 3.8) is 0 Å². The molecule has 1 aliphatic rings. The number of benzene rings is 3. The fourth-order valence-corrected chi connectivity index (χ4v) is 4.50. The molecule has 158 valence electrons. The highest BCUT2D eigenvalue weighted by atomic mass is 16.5. The van der Waals surface area contributed by atoms with Crippen molar-refractivity contribution in [3.8, 4) is 17.1 Å². The molecule has 31 heavy (non-hydrogen) atoms. The molecule has 6 nitrogen and oxygen atoms in total. The summed E-state index contributed by atoms with van der Waals surface area (Å²) in [6.07, 6.45) is 2.31. The summed E-state index contributed by atoms with van der Waals surface area (Å²) < 4.78 is 7.63. The van der Waals surface area contributed by atoms with E-state index in [1.54, 1.807) is 7.11 Å². The highest BCUT2D eigenvalue weighted by Gasteiger charge is 2.23. The number of methoxy groups -OCH3 is 1. The lowest BCUT2D eigenvalue weighted by Gasteiger charge is -2.32. The molecule has 0 unspecified atom stereocenters. The predicted molar refractivity (Wildman–Crippen MR) is 122 cm³/mol. The van der Waals surface area contributed by atoms with Crippen LogP contribution in [0.25, 0.3) is 22.2 Å². The maximum Gasteiger partial charge on any atom is 0.185 e. The highest BCUT2D eigenvalue weighted by Crippen LogP contribution is 2.33. The lowest BCUT2D eigenvalue weighted by Crippen LogP contribution is -2.34. The predicted octanol–water partition coefficient (Wildman–Crippen LogP) is 4.41. The van der Waals surface area contributed by atoms with Crippen LogP contribution in [0.15, 0.2) is 66.7 Å². The molecule has 0 aliphatic carbocycles. The Labute approximate surface area is 182 Å². The van der Waals surface area contributed by atoms with Crippen LogP contribution in [-0.2, 0) is 13.1 Å². The van der Waals surface area contributed by atoms with Gasteiger partial charge in [0.1, 0.15) is 5.75 Å². The maximum atomic E-state index is 5.68. The molecule has 0 bridgehead atoms. The van der Waals surface area contributed by atoms with E-state index >= 15 is 0 Å². The third-order valence-corrected chi connectivity index (χ3v) is 6.23. The third kappa shape index (κ3) is 4.30. The third-order valence-electron chi connectivity index (χ3n) is 6.23. The second-order valence-electron chi connectivity index (χ2n) is 8.29. The average Bonchev–Trinajstić information content (AvgIpc) is 3.28. The van der Waals surface area contributed by atoms with Crippen LogP contribution >= 0.6 is 0 Å². The zero-order valence-electron chi connectivity index (χ0n) is 17.8. The minimum absolute atomic E-state index is 0.570. The van der Waals surface area contributed by atoms with E-state index < -0.39 is 0 Å². The van der Waals surface area contributed by atoms with Crippen LogP contribution in [0.1, 0.15) is 18.4 Å².